The van der Waals surface area contributed by atoms with Crippen LogP contribution in [0.25, 0.3) is 0 Å². The molecule has 0 aromatic carbocycles. The summed E-state index contributed by atoms with van der Waals surface area (Å²) in [7, 11) is 1.75. The second kappa shape index (κ2) is 5.04. The van der Waals surface area contributed by atoms with Crippen molar-refractivity contribution in [1.29, 1.82) is 0 Å². The number of nitrogens with zero attached hydrogens (tertiary/aromatic N) is 1. The summed E-state index contributed by atoms with van der Waals surface area (Å²) in [6.45, 7) is 8.25. The summed E-state index contributed by atoms with van der Waals surface area (Å²) in [5.41, 5.74) is 1.05. The third-order valence-electron chi connectivity index (χ3n) is 3.25. The molecule has 0 saturated heterocycles. The zero-order chi connectivity index (χ0) is 12.5. The van der Waals surface area contributed by atoms with Crippen LogP contribution in [0.1, 0.15) is 55.1 Å². The molecule has 1 aliphatic carbocycles. The normalized spacial score (nSPS) is 16.5. The fourth-order valence-electron chi connectivity index (χ4n) is 1.75. The molecule has 0 amide bonds. The van der Waals surface area contributed by atoms with Gasteiger partial charge < -0.3 is 10.1 Å². The minimum absolute atomic E-state index is 0.265. The van der Waals surface area contributed by atoms with Crippen LogP contribution in [-0.4, -0.2) is 18.6 Å². The maximum Gasteiger partial charge on any atom is 0.125 e. The van der Waals surface area contributed by atoms with Crippen molar-refractivity contribution in [2.75, 3.05) is 13.7 Å². The highest BCUT2D eigenvalue weighted by molar-refractivity contribution is 7.11. The first kappa shape index (κ1) is 13.0. The van der Waals surface area contributed by atoms with Crippen molar-refractivity contribution in [1.82, 2.24) is 10.3 Å². The van der Waals surface area contributed by atoms with Gasteiger partial charge in [0.05, 0.1) is 5.69 Å². The first-order chi connectivity index (χ1) is 8.08. The van der Waals surface area contributed by atoms with Crippen LogP contribution in [0, 0.1) is 0 Å². The second-order valence-corrected chi connectivity index (χ2v) is 6.18. The lowest BCUT2D eigenvalue weighted by Gasteiger charge is -2.19. The molecule has 0 radical (unpaired) electrons. The van der Waals surface area contributed by atoms with Gasteiger partial charge in [-0.05, 0) is 33.2 Å². The topological polar surface area (TPSA) is 34.1 Å². The van der Waals surface area contributed by atoms with Crippen molar-refractivity contribution < 1.29 is 4.74 Å². The fourth-order valence-corrected chi connectivity index (χ4v) is 2.95. The van der Waals surface area contributed by atoms with Crippen LogP contribution >= 0.6 is 11.3 Å². The number of hydrogen-bond acceptors (Lipinski definition) is 4. The third kappa shape index (κ3) is 2.87. The molecule has 4 heteroatoms. The van der Waals surface area contributed by atoms with Crippen molar-refractivity contribution in [2.45, 2.75) is 51.7 Å². The quantitative estimate of drug-likeness (QED) is 0.847. The van der Waals surface area contributed by atoms with E-state index in [1.807, 2.05) is 0 Å². The largest absolute Gasteiger partial charge is 0.372 e. The van der Waals surface area contributed by atoms with Gasteiger partial charge in [-0.25, -0.2) is 4.98 Å². The molecule has 2 rings (SSSR count). The van der Waals surface area contributed by atoms with E-state index in [9.17, 15) is 0 Å². The Kier molecular flexibility index (Phi) is 3.85. The van der Waals surface area contributed by atoms with Crippen molar-refractivity contribution in [3.8, 4) is 0 Å². The first-order valence-electron chi connectivity index (χ1n) is 6.34. The molecule has 0 unspecified atom stereocenters. The summed E-state index contributed by atoms with van der Waals surface area (Å²) in [5, 5.41) is 4.51. The summed E-state index contributed by atoms with van der Waals surface area (Å²) < 4.78 is 5.52. The van der Waals surface area contributed by atoms with Crippen LogP contribution < -0.4 is 5.32 Å². The van der Waals surface area contributed by atoms with Crippen LogP contribution in [0.5, 0.6) is 0 Å². The molecule has 0 bridgehead atoms. The van der Waals surface area contributed by atoms with E-state index in [4.69, 9.17) is 9.72 Å². The molecule has 1 fully saturated rings. The first-order valence-corrected chi connectivity index (χ1v) is 7.16. The lowest BCUT2D eigenvalue weighted by atomic mass is 10.1. The molecule has 0 atom stereocenters. The van der Waals surface area contributed by atoms with E-state index >= 15 is 0 Å². The Hall–Kier alpha value is -0.450. The molecule has 17 heavy (non-hydrogen) atoms. The Morgan fingerprint density at radius 3 is 2.71 bits per heavy atom. The number of hydrogen-bond donors (Lipinski definition) is 1. The van der Waals surface area contributed by atoms with Gasteiger partial charge in [0.2, 0.25) is 0 Å². The molecule has 1 aromatic heterocycles. The summed E-state index contributed by atoms with van der Waals surface area (Å²) in [6.07, 6.45) is 2.60. The van der Waals surface area contributed by atoms with Gasteiger partial charge in [0, 0.05) is 24.4 Å². The molecular weight excluding hydrogens is 232 g/mol. The van der Waals surface area contributed by atoms with E-state index in [2.05, 4.69) is 26.1 Å². The number of nitrogens with one attached hydrogen (secondary N) is 1. The minimum Gasteiger partial charge on any atom is -0.372 e. The molecule has 1 aromatic rings. The maximum absolute atomic E-state index is 5.52. The highest BCUT2D eigenvalue weighted by Gasteiger charge is 2.32. The minimum atomic E-state index is -0.265. The lowest BCUT2D eigenvalue weighted by Crippen LogP contribution is -2.19. The van der Waals surface area contributed by atoms with Gasteiger partial charge in [0.15, 0.2) is 0 Å². The Morgan fingerprint density at radius 2 is 2.18 bits per heavy atom. The molecule has 0 aliphatic heterocycles. The van der Waals surface area contributed by atoms with Crippen molar-refractivity contribution >= 4 is 11.3 Å². The lowest BCUT2D eigenvalue weighted by molar-refractivity contribution is 0.0189. The van der Waals surface area contributed by atoms with Crippen LogP contribution in [0.4, 0.5) is 0 Å². The Bertz CT molecular complexity index is 383. The van der Waals surface area contributed by atoms with E-state index in [0.717, 1.165) is 18.1 Å². The summed E-state index contributed by atoms with van der Waals surface area (Å²) in [4.78, 5) is 6.22. The van der Waals surface area contributed by atoms with Gasteiger partial charge in [-0.2, -0.15) is 0 Å². The Labute approximate surface area is 108 Å². The smallest absolute Gasteiger partial charge is 0.125 e. The van der Waals surface area contributed by atoms with Gasteiger partial charge in [-0.15, -0.1) is 11.3 Å². The SMILES string of the molecule is CCNCc1sc(C(C)(C)OC)nc1C1CC1. The van der Waals surface area contributed by atoms with E-state index in [-0.39, 0.29) is 5.60 Å². The van der Waals surface area contributed by atoms with E-state index in [1.54, 1.807) is 18.4 Å². The zero-order valence-electron chi connectivity index (χ0n) is 11.2. The number of methoxy groups -OCH3 is 1. The highest BCUT2D eigenvalue weighted by Crippen LogP contribution is 2.44. The van der Waals surface area contributed by atoms with Crippen LogP contribution in [0.3, 0.4) is 0 Å². The molecule has 1 saturated carbocycles. The van der Waals surface area contributed by atoms with Crippen molar-refractivity contribution in [2.24, 2.45) is 0 Å². The number of ether oxygens (including phenoxy) is 1. The molecule has 3 nitrogen and oxygen atoms in total. The standard InChI is InChI=1S/C13H22N2OS/c1-5-14-8-10-11(9-6-7-9)15-12(17-10)13(2,3)16-4/h9,14H,5-8H2,1-4H3. The number of thiazole rings is 1. The zero-order valence-corrected chi connectivity index (χ0v) is 12.0. The van der Waals surface area contributed by atoms with Crippen LogP contribution in [0.15, 0.2) is 0 Å². The monoisotopic (exact) mass is 254 g/mol. The Balaban J connectivity index is 2.24. The van der Waals surface area contributed by atoms with E-state index in [0.29, 0.717) is 5.92 Å². The molecule has 96 valence electrons. The van der Waals surface area contributed by atoms with E-state index < -0.39 is 0 Å². The fraction of sp³-hybridized carbons (Fsp3) is 0.769. The maximum atomic E-state index is 5.52. The Morgan fingerprint density at radius 1 is 1.47 bits per heavy atom. The van der Waals surface area contributed by atoms with Gasteiger partial charge in [0.1, 0.15) is 10.6 Å². The van der Waals surface area contributed by atoms with E-state index in [1.165, 1.54) is 23.4 Å². The molecule has 1 N–H and O–H groups in total. The highest BCUT2D eigenvalue weighted by atomic mass is 32.1. The molecule has 1 aliphatic rings. The predicted octanol–water partition coefficient (Wildman–Crippen LogP) is 3.01. The third-order valence-corrected chi connectivity index (χ3v) is 4.63. The predicted molar refractivity (Wildman–Crippen MR) is 71.5 cm³/mol. The summed E-state index contributed by atoms with van der Waals surface area (Å²) in [5.74, 6) is 0.710. The molecule has 0 spiro atoms. The van der Waals surface area contributed by atoms with Crippen LogP contribution in [-0.2, 0) is 16.9 Å². The number of rotatable bonds is 6. The van der Waals surface area contributed by atoms with Gasteiger partial charge in [-0.3, -0.25) is 0 Å². The summed E-state index contributed by atoms with van der Waals surface area (Å²) >= 11 is 1.80. The average molecular weight is 254 g/mol. The number of aromatic nitrogens is 1. The molecular formula is C13H22N2OS. The van der Waals surface area contributed by atoms with Gasteiger partial charge in [0.25, 0.3) is 0 Å². The van der Waals surface area contributed by atoms with Crippen LogP contribution in [0.2, 0.25) is 0 Å². The second-order valence-electron chi connectivity index (χ2n) is 5.10. The van der Waals surface area contributed by atoms with Gasteiger partial charge in [-0.1, -0.05) is 6.92 Å². The van der Waals surface area contributed by atoms with Crippen molar-refractivity contribution in [3.05, 3.63) is 15.6 Å². The average Bonchev–Trinajstić information content (AvgIpc) is 3.06. The van der Waals surface area contributed by atoms with Crippen molar-refractivity contribution in [3.63, 3.8) is 0 Å². The molecule has 1 heterocycles. The van der Waals surface area contributed by atoms with Gasteiger partial charge >= 0.3 is 0 Å². The summed E-state index contributed by atoms with van der Waals surface area (Å²) in [6, 6.07) is 0.